The Morgan fingerprint density at radius 3 is 2.87 bits per heavy atom. The Bertz CT molecular complexity index is 319. The summed E-state index contributed by atoms with van der Waals surface area (Å²) >= 11 is 5.01. The molecule has 0 aromatic heterocycles. The normalized spacial score (nSPS) is 12.8. The Morgan fingerprint density at radius 2 is 2.27 bits per heavy atom. The summed E-state index contributed by atoms with van der Waals surface area (Å²) in [6.07, 6.45) is 2.10. The molecular weight excluding hydrogens is 277 g/mol. The van der Waals surface area contributed by atoms with Gasteiger partial charge in [-0.1, -0.05) is 13.0 Å². The van der Waals surface area contributed by atoms with Crippen LogP contribution in [0, 0.1) is 5.82 Å². The van der Waals surface area contributed by atoms with Crippen LogP contribution < -0.4 is 5.32 Å². The van der Waals surface area contributed by atoms with E-state index in [1.165, 1.54) is 6.07 Å². The van der Waals surface area contributed by atoms with E-state index in [1.54, 1.807) is 6.07 Å². The second-order valence-electron chi connectivity index (χ2n) is 3.43. The molecule has 0 bridgehead atoms. The van der Waals surface area contributed by atoms with Crippen LogP contribution in [-0.4, -0.2) is 18.1 Å². The molecule has 0 spiro atoms. The van der Waals surface area contributed by atoms with Crippen LogP contribution in [0.25, 0.3) is 0 Å². The van der Waals surface area contributed by atoms with Crippen LogP contribution in [0.3, 0.4) is 0 Å². The van der Waals surface area contributed by atoms with Crippen LogP contribution in [0.2, 0.25) is 0 Å². The van der Waals surface area contributed by atoms with Gasteiger partial charge in [-0.05, 0) is 39.9 Å². The molecule has 0 fully saturated rings. The molecule has 0 amide bonds. The van der Waals surface area contributed by atoms with Gasteiger partial charge in [-0.15, -0.1) is 0 Å². The van der Waals surface area contributed by atoms with Crippen LogP contribution in [0.5, 0.6) is 0 Å². The van der Waals surface area contributed by atoms with Crippen LogP contribution in [0.1, 0.15) is 12.5 Å². The zero-order chi connectivity index (χ0) is 11.3. The minimum Gasteiger partial charge on any atom is -0.312 e. The van der Waals surface area contributed by atoms with Gasteiger partial charge < -0.3 is 5.32 Å². The van der Waals surface area contributed by atoms with Gasteiger partial charge in [0.25, 0.3) is 0 Å². The fourth-order valence-corrected chi connectivity index (χ4v) is 1.86. The van der Waals surface area contributed by atoms with Crippen LogP contribution in [0.4, 0.5) is 4.39 Å². The molecule has 1 aromatic carbocycles. The summed E-state index contributed by atoms with van der Waals surface area (Å²) in [6, 6.07) is 5.10. The number of halogens is 2. The van der Waals surface area contributed by atoms with Crippen molar-refractivity contribution in [2.75, 3.05) is 12.8 Å². The zero-order valence-corrected chi connectivity index (χ0v) is 11.3. The van der Waals surface area contributed by atoms with Crippen molar-refractivity contribution in [3.63, 3.8) is 0 Å². The molecule has 0 heterocycles. The van der Waals surface area contributed by atoms with Gasteiger partial charge in [0.15, 0.2) is 0 Å². The van der Waals surface area contributed by atoms with E-state index in [9.17, 15) is 4.39 Å². The molecular formula is C11H15BrFNS. The lowest BCUT2D eigenvalue weighted by Gasteiger charge is -2.10. The van der Waals surface area contributed by atoms with Gasteiger partial charge in [-0.2, -0.15) is 11.8 Å². The summed E-state index contributed by atoms with van der Waals surface area (Å²) in [4.78, 5) is 0. The molecule has 84 valence electrons. The molecule has 15 heavy (non-hydrogen) atoms. The molecule has 1 rings (SSSR count). The lowest BCUT2D eigenvalue weighted by molar-refractivity contribution is 0.618. The standard InChI is InChI=1S/C11H15BrFNS/c1-8(15-2)6-14-7-9-3-4-11(13)10(12)5-9/h3-5,8,14H,6-7H2,1-2H3. The topological polar surface area (TPSA) is 12.0 Å². The van der Waals surface area contributed by atoms with Gasteiger partial charge in [0.1, 0.15) is 5.82 Å². The molecule has 1 aromatic rings. The van der Waals surface area contributed by atoms with E-state index in [-0.39, 0.29) is 5.82 Å². The monoisotopic (exact) mass is 291 g/mol. The Labute approximate surface area is 103 Å². The average Bonchev–Trinajstić information content (AvgIpc) is 2.23. The number of hydrogen-bond donors (Lipinski definition) is 1. The Hall–Kier alpha value is -0.0600. The predicted molar refractivity (Wildman–Crippen MR) is 68.8 cm³/mol. The van der Waals surface area contributed by atoms with Gasteiger partial charge in [-0.3, -0.25) is 0 Å². The summed E-state index contributed by atoms with van der Waals surface area (Å²) in [7, 11) is 0. The molecule has 0 radical (unpaired) electrons. The summed E-state index contributed by atoms with van der Waals surface area (Å²) in [5.74, 6) is -0.212. The van der Waals surface area contributed by atoms with Crippen molar-refractivity contribution < 1.29 is 4.39 Å². The summed E-state index contributed by atoms with van der Waals surface area (Å²) in [6.45, 7) is 3.93. The summed E-state index contributed by atoms with van der Waals surface area (Å²) in [5.41, 5.74) is 1.09. The van der Waals surface area contributed by atoms with E-state index in [0.717, 1.165) is 18.7 Å². The van der Waals surface area contributed by atoms with Gasteiger partial charge >= 0.3 is 0 Å². The quantitative estimate of drug-likeness (QED) is 0.892. The molecule has 0 aliphatic rings. The maximum Gasteiger partial charge on any atom is 0.137 e. The van der Waals surface area contributed by atoms with Crippen molar-refractivity contribution in [3.8, 4) is 0 Å². The highest BCUT2D eigenvalue weighted by Crippen LogP contribution is 2.16. The van der Waals surface area contributed by atoms with E-state index in [2.05, 4.69) is 34.4 Å². The number of rotatable bonds is 5. The van der Waals surface area contributed by atoms with Gasteiger partial charge in [-0.25, -0.2) is 4.39 Å². The van der Waals surface area contributed by atoms with Crippen LogP contribution >= 0.6 is 27.7 Å². The van der Waals surface area contributed by atoms with Crippen LogP contribution in [-0.2, 0) is 6.54 Å². The number of benzene rings is 1. The lowest BCUT2D eigenvalue weighted by Crippen LogP contribution is -2.22. The minimum atomic E-state index is -0.212. The zero-order valence-electron chi connectivity index (χ0n) is 8.89. The van der Waals surface area contributed by atoms with E-state index < -0.39 is 0 Å². The summed E-state index contributed by atoms with van der Waals surface area (Å²) in [5, 5.41) is 3.94. The maximum absolute atomic E-state index is 12.9. The van der Waals surface area contributed by atoms with Crippen molar-refractivity contribution in [2.45, 2.75) is 18.7 Å². The molecule has 1 N–H and O–H groups in total. The van der Waals surface area contributed by atoms with E-state index >= 15 is 0 Å². The van der Waals surface area contributed by atoms with Gasteiger partial charge in [0.05, 0.1) is 4.47 Å². The van der Waals surface area contributed by atoms with Gasteiger partial charge in [0.2, 0.25) is 0 Å². The molecule has 0 saturated heterocycles. The Morgan fingerprint density at radius 1 is 1.53 bits per heavy atom. The van der Waals surface area contributed by atoms with E-state index in [1.807, 2.05) is 17.8 Å². The molecule has 0 aliphatic carbocycles. The second kappa shape index (κ2) is 6.51. The third kappa shape index (κ3) is 4.53. The minimum absolute atomic E-state index is 0.212. The second-order valence-corrected chi connectivity index (χ2v) is 5.56. The molecule has 1 atom stereocenters. The van der Waals surface area contributed by atoms with E-state index in [4.69, 9.17) is 0 Å². The summed E-state index contributed by atoms with van der Waals surface area (Å²) < 4.78 is 13.5. The lowest BCUT2D eigenvalue weighted by atomic mass is 10.2. The SMILES string of the molecule is CSC(C)CNCc1ccc(F)c(Br)c1. The first-order chi connectivity index (χ1) is 7.13. The highest BCUT2D eigenvalue weighted by atomic mass is 79.9. The molecule has 0 saturated carbocycles. The molecule has 4 heteroatoms. The van der Waals surface area contributed by atoms with Crippen molar-refractivity contribution in [3.05, 3.63) is 34.1 Å². The smallest absolute Gasteiger partial charge is 0.137 e. The highest BCUT2D eigenvalue weighted by Gasteiger charge is 2.01. The van der Waals surface area contributed by atoms with Crippen molar-refractivity contribution >= 4 is 27.7 Å². The first-order valence-corrected chi connectivity index (χ1v) is 6.89. The third-order valence-corrected chi connectivity index (χ3v) is 3.73. The third-order valence-electron chi connectivity index (χ3n) is 2.15. The molecule has 1 nitrogen and oxygen atoms in total. The Kier molecular flexibility index (Phi) is 5.64. The molecule has 1 unspecified atom stereocenters. The number of thioether (sulfide) groups is 1. The van der Waals surface area contributed by atoms with Crippen LogP contribution in [0.15, 0.2) is 22.7 Å². The average molecular weight is 292 g/mol. The van der Waals surface area contributed by atoms with E-state index in [0.29, 0.717) is 9.72 Å². The number of hydrogen-bond acceptors (Lipinski definition) is 2. The molecule has 0 aliphatic heterocycles. The highest BCUT2D eigenvalue weighted by molar-refractivity contribution is 9.10. The van der Waals surface area contributed by atoms with Gasteiger partial charge in [0, 0.05) is 18.3 Å². The fraction of sp³-hybridized carbons (Fsp3) is 0.455. The Balaban J connectivity index is 2.41. The number of nitrogens with one attached hydrogen (secondary N) is 1. The maximum atomic E-state index is 12.9. The first kappa shape index (κ1) is 13.0. The predicted octanol–water partition coefficient (Wildman–Crippen LogP) is 3.43. The van der Waals surface area contributed by atoms with Crippen molar-refractivity contribution in [1.82, 2.24) is 5.32 Å². The first-order valence-electron chi connectivity index (χ1n) is 4.81. The van der Waals surface area contributed by atoms with Crippen molar-refractivity contribution in [2.24, 2.45) is 0 Å². The fourth-order valence-electron chi connectivity index (χ4n) is 1.15. The van der Waals surface area contributed by atoms with Crippen molar-refractivity contribution in [1.29, 1.82) is 0 Å². The largest absolute Gasteiger partial charge is 0.312 e.